The Labute approximate surface area is 89.4 Å². The van der Waals surface area contributed by atoms with Crippen molar-refractivity contribution in [3.63, 3.8) is 0 Å². The van der Waals surface area contributed by atoms with E-state index in [-0.39, 0.29) is 25.7 Å². The van der Waals surface area contributed by atoms with Crippen LogP contribution in [0.4, 0.5) is 0 Å². The fourth-order valence-corrected chi connectivity index (χ4v) is 1.57. The van der Waals surface area contributed by atoms with Gasteiger partial charge in [0.15, 0.2) is 0 Å². The molecule has 0 N–H and O–H groups in total. The van der Waals surface area contributed by atoms with Crippen molar-refractivity contribution in [2.75, 3.05) is 0 Å². The Bertz CT molecular complexity index is 340. The summed E-state index contributed by atoms with van der Waals surface area (Å²) in [5.74, 6) is 0. The van der Waals surface area contributed by atoms with Crippen LogP contribution in [0.2, 0.25) is 20.1 Å². The largest absolute Gasteiger partial charge is 0.192 e. The number of benzene rings is 1. The molecule has 0 fully saturated rings. The molecule has 62 valence electrons. The summed E-state index contributed by atoms with van der Waals surface area (Å²) in [5, 5.41) is 9.33. The Morgan fingerprint density at radius 2 is 1.42 bits per heavy atom. The van der Waals surface area contributed by atoms with E-state index in [1.807, 2.05) is 6.07 Å². The van der Waals surface area contributed by atoms with Crippen LogP contribution in [-0.4, -0.2) is 0 Å². The molecule has 5 heteroatoms. The van der Waals surface area contributed by atoms with Gasteiger partial charge in [0.1, 0.15) is 6.07 Å². The number of hydrogen-bond acceptors (Lipinski definition) is 1. The van der Waals surface area contributed by atoms with Gasteiger partial charge in [-0.25, -0.2) is 0 Å². The van der Waals surface area contributed by atoms with Gasteiger partial charge in [0.2, 0.25) is 0 Å². The topological polar surface area (TPSA) is 23.8 Å². The second-order valence-electron chi connectivity index (χ2n) is 1.95. The van der Waals surface area contributed by atoms with E-state index >= 15 is 0 Å². The number of halogens is 4. The summed E-state index contributed by atoms with van der Waals surface area (Å²) in [6.45, 7) is 0. The van der Waals surface area contributed by atoms with E-state index in [0.29, 0.717) is 0 Å². The molecule has 0 bridgehead atoms. The van der Waals surface area contributed by atoms with Crippen LogP contribution in [0, 0.1) is 11.3 Å². The lowest BCUT2D eigenvalue weighted by Gasteiger charge is -2.02. The molecule has 0 heterocycles. The maximum Gasteiger partial charge on any atom is 0.102 e. The van der Waals surface area contributed by atoms with Gasteiger partial charge in [-0.2, -0.15) is 5.26 Å². The fourth-order valence-electron chi connectivity index (χ4n) is 0.671. The standard InChI is InChI=1S/C7HCl4N/c8-4-1-5(9)7(11)3(2-12)6(4)10/h1H. The van der Waals surface area contributed by atoms with Crippen molar-refractivity contribution in [1.29, 1.82) is 5.26 Å². The van der Waals surface area contributed by atoms with Gasteiger partial charge in [0.05, 0.1) is 25.7 Å². The van der Waals surface area contributed by atoms with Crippen molar-refractivity contribution in [3.05, 3.63) is 31.7 Å². The predicted octanol–water partition coefficient (Wildman–Crippen LogP) is 4.17. The third kappa shape index (κ3) is 1.62. The smallest absolute Gasteiger partial charge is 0.102 e. The first-order valence-corrected chi connectivity index (χ1v) is 4.32. The monoisotopic (exact) mass is 239 g/mol. The quantitative estimate of drug-likeness (QED) is 0.625. The molecule has 0 aliphatic rings. The van der Waals surface area contributed by atoms with Gasteiger partial charge in [-0.3, -0.25) is 0 Å². The van der Waals surface area contributed by atoms with Crippen molar-refractivity contribution in [2.24, 2.45) is 0 Å². The number of nitrogens with zero attached hydrogens (tertiary/aromatic N) is 1. The molecule has 0 radical (unpaired) electrons. The third-order valence-electron chi connectivity index (χ3n) is 1.22. The summed E-state index contributed by atoms with van der Waals surface area (Å²) in [4.78, 5) is 0. The Kier molecular flexibility index (Phi) is 3.09. The third-order valence-corrected chi connectivity index (χ3v) is 2.80. The van der Waals surface area contributed by atoms with Crippen molar-refractivity contribution >= 4 is 46.4 Å². The van der Waals surface area contributed by atoms with Gasteiger partial charge in [-0.1, -0.05) is 46.4 Å². The molecule has 0 atom stereocenters. The molecule has 0 saturated carbocycles. The second-order valence-corrected chi connectivity index (χ2v) is 3.53. The molecule has 0 aromatic heterocycles. The van der Waals surface area contributed by atoms with Gasteiger partial charge in [-0.05, 0) is 6.07 Å². The van der Waals surface area contributed by atoms with E-state index in [0.717, 1.165) is 0 Å². The van der Waals surface area contributed by atoms with Crippen molar-refractivity contribution in [3.8, 4) is 6.07 Å². The highest BCUT2D eigenvalue weighted by Gasteiger charge is 2.12. The fraction of sp³-hybridized carbons (Fsp3) is 0. The highest BCUT2D eigenvalue weighted by molar-refractivity contribution is 6.48. The van der Waals surface area contributed by atoms with Gasteiger partial charge in [-0.15, -0.1) is 0 Å². The highest BCUT2D eigenvalue weighted by Crippen LogP contribution is 2.36. The molecule has 1 nitrogen and oxygen atoms in total. The van der Waals surface area contributed by atoms with E-state index in [1.54, 1.807) is 0 Å². The summed E-state index contributed by atoms with van der Waals surface area (Å²) >= 11 is 22.6. The first kappa shape index (κ1) is 9.95. The van der Waals surface area contributed by atoms with Crippen LogP contribution in [0.1, 0.15) is 5.56 Å². The van der Waals surface area contributed by atoms with Gasteiger partial charge in [0.25, 0.3) is 0 Å². The molecule has 1 aromatic rings. The lowest BCUT2D eigenvalue weighted by molar-refractivity contribution is 1.48. The number of nitriles is 1. The SMILES string of the molecule is N#Cc1c(Cl)c(Cl)cc(Cl)c1Cl. The summed E-state index contributed by atoms with van der Waals surface area (Å²) in [5.41, 5.74) is 0.107. The summed E-state index contributed by atoms with van der Waals surface area (Å²) < 4.78 is 0. The Balaban J connectivity index is 3.56. The van der Waals surface area contributed by atoms with Gasteiger partial charge >= 0.3 is 0 Å². The van der Waals surface area contributed by atoms with Gasteiger partial charge in [0, 0.05) is 0 Å². The lowest BCUT2D eigenvalue weighted by Crippen LogP contribution is -1.82. The van der Waals surface area contributed by atoms with E-state index in [2.05, 4.69) is 0 Å². The molecule has 1 rings (SSSR count). The first-order valence-electron chi connectivity index (χ1n) is 2.81. The average Bonchev–Trinajstić information content (AvgIpc) is 2.02. The zero-order valence-corrected chi connectivity index (χ0v) is 8.56. The van der Waals surface area contributed by atoms with E-state index in [4.69, 9.17) is 51.7 Å². The van der Waals surface area contributed by atoms with Crippen molar-refractivity contribution < 1.29 is 0 Å². The maximum atomic E-state index is 8.61. The molecule has 0 unspecified atom stereocenters. The zero-order chi connectivity index (χ0) is 9.30. The molecule has 0 aliphatic heterocycles. The second kappa shape index (κ2) is 3.72. The highest BCUT2D eigenvalue weighted by atomic mass is 35.5. The van der Waals surface area contributed by atoms with Crippen LogP contribution in [-0.2, 0) is 0 Å². The van der Waals surface area contributed by atoms with Crippen LogP contribution in [0.25, 0.3) is 0 Å². The molecule has 0 saturated heterocycles. The van der Waals surface area contributed by atoms with Crippen molar-refractivity contribution in [2.45, 2.75) is 0 Å². The van der Waals surface area contributed by atoms with Crippen molar-refractivity contribution in [1.82, 2.24) is 0 Å². The lowest BCUT2D eigenvalue weighted by atomic mass is 10.2. The van der Waals surface area contributed by atoms with Crippen LogP contribution in [0.3, 0.4) is 0 Å². The summed E-state index contributed by atoms with van der Waals surface area (Å²) in [6, 6.07) is 3.21. The minimum absolute atomic E-state index is 0.107. The Morgan fingerprint density at radius 1 is 1.00 bits per heavy atom. The van der Waals surface area contributed by atoms with Crippen LogP contribution >= 0.6 is 46.4 Å². The van der Waals surface area contributed by atoms with Crippen LogP contribution in [0.5, 0.6) is 0 Å². The summed E-state index contributed by atoms with van der Waals surface area (Å²) in [6.07, 6.45) is 0. The molecule has 0 spiro atoms. The maximum absolute atomic E-state index is 8.61. The number of rotatable bonds is 0. The zero-order valence-electron chi connectivity index (χ0n) is 5.54. The Morgan fingerprint density at radius 3 is 1.75 bits per heavy atom. The molecule has 0 amide bonds. The molecular weight excluding hydrogens is 240 g/mol. The van der Waals surface area contributed by atoms with Gasteiger partial charge < -0.3 is 0 Å². The molecule has 0 aliphatic carbocycles. The van der Waals surface area contributed by atoms with E-state index in [1.165, 1.54) is 6.07 Å². The minimum Gasteiger partial charge on any atom is -0.192 e. The minimum atomic E-state index is 0.107. The Hall–Kier alpha value is -0.130. The predicted molar refractivity (Wildman–Crippen MR) is 51.2 cm³/mol. The van der Waals surface area contributed by atoms with E-state index < -0.39 is 0 Å². The van der Waals surface area contributed by atoms with Crippen LogP contribution in [0.15, 0.2) is 6.07 Å². The summed E-state index contributed by atoms with van der Waals surface area (Å²) in [7, 11) is 0. The van der Waals surface area contributed by atoms with E-state index in [9.17, 15) is 0 Å². The normalized spacial score (nSPS) is 9.58. The van der Waals surface area contributed by atoms with Crippen LogP contribution < -0.4 is 0 Å². The first-order chi connectivity index (χ1) is 5.57. The molecule has 12 heavy (non-hydrogen) atoms. The average molecular weight is 241 g/mol. The molecular formula is C7HCl4N. The number of hydrogen-bond donors (Lipinski definition) is 0. The molecule has 1 aromatic carbocycles.